The van der Waals surface area contributed by atoms with Gasteiger partial charge in [-0.05, 0) is 37.1 Å². The van der Waals surface area contributed by atoms with Crippen LogP contribution in [0, 0.1) is 0 Å². The Kier molecular flexibility index (Phi) is 4.47. The van der Waals surface area contributed by atoms with Crippen LogP contribution in [-0.4, -0.2) is 26.3 Å². The van der Waals surface area contributed by atoms with E-state index in [1.165, 1.54) is 12.8 Å². The molecule has 5 heteroatoms. The molecule has 1 saturated carbocycles. The molecule has 1 aliphatic carbocycles. The molecule has 2 rings (SSSR count). The fourth-order valence-electron chi connectivity index (χ4n) is 2.48. The fraction of sp³-hybridized carbons (Fsp3) is 0.571. The lowest BCUT2D eigenvalue weighted by molar-refractivity contribution is 0.404. The lowest BCUT2D eigenvalue weighted by Gasteiger charge is -2.30. The summed E-state index contributed by atoms with van der Waals surface area (Å²) in [6.07, 6.45) is 4.54. The van der Waals surface area contributed by atoms with Gasteiger partial charge in [0, 0.05) is 17.8 Å². The first-order valence-electron chi connectivity index (χ1n) is 6.88. The summed E-state index contributed by atoms with van der Waals surface area (Å²) in [5, 5.41) is 3.41. The highest BCUT2D eigenvalue weighted by molar-refractivity contribution is 7.91. The van der Waals surface area contributed by atoms with Crippen molar-refractivity contribution in [1.82, 2.24) is 0 Å². The standard InChI is InChI=1S/C14H22N2O2S/c1-2-19(17,18)12-9-7-11(8-10-12)16-14-6-4-3-5-13(14)15/h7-10,13-14,16H,2-6,15H2,1H3. The highest BCUT2D eigenvalue weighted by atomic mass is 32.2. The van der Waals surface area contributed by atoms with Crippen molar-refractivity contribution in [2.75, 3.05) is 11.1 Å². The fourth-order valence-corrected chi connectivity index (χ4v) is 3.36. The molecule has 19 heavy (non-hydrogen) atoms. The molecule has 0 amide bonds. The van der Waals surface area contributed by atoms with Crippen molar-refractivity contribution in [3.05, 3.63) is 24.3 Å². The van der Waals surface area contributed by atoms with E-state index in [2.05, 4.69) is 5.32 Å². The minimum atomic E-state index is -3.11. The molecule has 0 bridgehead atoms. The Bertz CT molecular complexity index is 511. The van der Waals surface area contributed by atoms with Gasteiger partial charge in [0.25, 0.3) is 0 Å². The number of anilines is 1. The largest absolute Gasteiger partial charge is 0.381 e. The molecule has 0 heterocycles. The van der Waals surface area contributed by atoms with Crippen LogP contribution in [-0.2, 0) is 9.84 Å². The molecular formula is C14H22N2O2S. The SMILES string of the molecule is CCS(=O)(=O)c1ccc(NC2CCCCC2N)cc1. The van der Waals surface area contributed by atoms with Gasteiger partial charge in [0.1, 0.15) is 0 Å². The summed E-state index contributed by atoms with van der Waals surface area (Å²) in [5.74, 6) is 0.132. The number of sulfone groups is 1. The van der Waals surface area contributed by atoms with Crippen LogP contribution < -0.4 is 11.1 Å². The molecule has 4 nitrogen and oxygen atoms in total. The normalized spacial score (nSPS) is 24.1. The molecule has 0 spiro atoms. The van der Waals surface area contributed by atoms with E-state index in [0.29, 0.717) is 10.9 Å². The first kappa shape index (κ1) is 14.3. The van der Waals surface area contributed by atoms with Gasteiger partial charge in [0.05, 0.1) is 10.6 Å². The van der Waals surface area contributed by atoms with E-state index in [4.69, 9.17) is 5.73 Å². The van der Waals surface area contributed by atoms with E-state index in [1.807, 2.05) is 12.1 Å². The molecule has 0 saturated heterocycles. The average molecular weight is 282 g/mol. The molecular weight excluding hydrogens is 260 g/mol. The number of nitrogens with two attached hydrogens (primary N) is 1. The van der Waals surface area contributed by atoms with Crippen LogP contribution in [0.25, 0.3) is 0 Å². The molecule has 106 valence electrons. The van der Waals surface area contributed by atoms with Crippen LogP contribution in [0.3, 0.4) is 0 Å². The topological polar surface area (TPSA) is 72.2 Å². The zero-order chi connectivity index (χ0) is 13.9. The zero-order valence-corrected chi connectivity index (χ0v) is 12.1. The second kappa shape index (κ2) is 5.92. The third-order valence-corrected chi connectivity index (χ3v) is 5.52. The monoisotopic (exact) mass is 282 g/mol. The van der Waals surface area contributed by atoms with Gasteiger partial charge in [0.15, 0.2) is 9.84 Å². The van der Waals surface area contributed by atoms with Crippen molar-refractivity contribution in [2.45, 2.75) is 49.6 Å². The highest BCUT2D eigenvalue weighted by Gasteiger charge is 2.21. The van der Waals surface area contributed by atoms with Crippen LogP contribution in [0.1, 0.15) is 32.6 Å². The van der Waals surface area contributed by atoms with Gasteiger partial charge >= 0.3 is 0 Å². The van der Waals surface area contributed by atoms with Crippen molar-refractivity contribution in [3.8, 4) is 0 Å². The molecule has 2 atom stereocenters. The molecule has 1 aromatic carbocycles. The quantitative estimate of drug-likeness (QED) is 0.887. The lowest BCUT2D eigenvalue weighted by atomic mass is 9.91. The van der Waals surface area contributed by atoms with Gasteiger partial charge in [0.2, 0.25) is 0 Å². The molecule has 1 aromatic rings. The van der Waals surface area contributed by atoms with Gasteiger partial charge in [-0.1, -0.05) is 19.8 Å². The van der Waals surface area contributed by atoms with Crippen LogP contribution in [0.2, 0.25) is 0 Å². The molecule has 0 aromatic heterocycles. The average Bonchev–Trinajstić information content (AvgIpc) is 2.42. The summed E-state index contributed by atoms with van der Waals surface area (Å²) < 4.78 is 23.4. The third kappa shape index (κ3) is 3.48. The van der Waals surface area contributed by atoms with E-state index in [0.717, 1.165) is 18.5 Å². The number of hydrogen-bond donors (Lipinski definition) is 2. The first-order valence-corrected chi connectivity index (χ1v) is 8.53. The van der Waals surface area contributed by atoms with Crippen molar-refractivity contribution in [2.24, 2.45) is 5.73 Å². The summed E-state index contributed by atoms with van der Waals surface area (Å²) in [5.41, 5.74) is 7.03. The predicted octanol–water partition coefficient (Wildman–Crippen LogP) is 2.16. The van der Waals surface area contributed by atoms with Crippen LogP contribution in [0.4, 0.5) is 5.69 Å². The smallest absolute Gasteiger partial charge is 0.178 e. The Morgan fingerprint density at radius 3 is 2.42 bits per heavy atom. The molecule has 0 radical (unpaired) electrons. The van der Waals surface area contributed by atoms with E-state index in [-0.39, 0.29) is 11.8 Å². The minimum Gasteiger partial charge on any atom is -0.381 e. The maximum atomic E-state index is 11.7. The van der Waals surface area contributed by atoms with Crippen molar-refractivity contribution < 1.29 is 8.42 Å². The first-order chi connectivity index (χ1) is 9.03. The Balaban J connectivity index is 2.06. The van der Waals surface area contributed by atoms with Crippen molar-refractivity contribution >= 4 is 15.5 Å². The van der Waals surface area contributed by atoms with E-state index in [1.54, 1.807) is 19.1 Å². The second-order valence-corrected chi connectivity index (χ2v) is 7.41. The molecule has 0 aliphatic heterocycles. The summed E-state index contributed by atoms with van der Waals surface area (Å²) in [6, 6.07) is 7.45. The maximum Gasteiger partial charge on any atom is 0.178 e. The lowest BCUT2D eigenvalue weighted by Crippen LogP contribution is -2.42. The molecule has 3 N–H and O–H groups in total. The molecule has 1 aliphatic rings. The Morgan fingerprint density at radius 1 is 1.21 bits per heavy atom. The Labute approximate surface area is 115 Å². The van der Waals surface area contributed by atoms with Gasteiger partial charge in [-0.3, -0.25) is 0 Å². The minimum absolute atomic E-state index is 0.132. The van der Waals surface area contributed by atoms with Gasteiger partial charge in [-0.2, -0.15) is 0 Å². The number of hydrogen-bond acceptors (Lipinski definition) is 4. The summed E-state index contributed by atoms with van der Waals surface area (Å²) >= 11 is 0. The number of nitrogens with one attached hydrogen (secondary N) is 1. The Morgan fingerprint density at radius 2 is 1.84 bits per heavy atom. The zero-order valence-electron chi connectivity index (χ0n) is 11.3. The third-order valence-electron chi connectivity index (χ3n) is 3.76. The molecule has 1 fully saturated rings. The van der Waals surface area contributed by atoms with E-state index in [9.17, 15) is 8.42 Å². The summed E-state index contributed by atoms with van der Waals surface area (Å²) in [4.78, 5) is 0.383. The van der Waals surface area contributed by atoms with Gasteiger partial charge in [-0.15, -0.1) is 0 Å². The highest BCUT2D eigenvalue weighted by Crippen LogP contribution is 2.22. The van der Waals surface area contributed by atoms with Gasteiger partial charge in [-0.25, -0.2) is 8.42 Å². The van der Waals surface area contributed by atoms with Crippen molar-refractivity contribution in [3.63, 3.8) is 0 Å². The van der Waals surface area contributed by atoms with Gasteiger partial charge < -0.3 is 11.1 Å². The summed E-state index contributed by atoms with van der Waals surface area (Å²) in [6.45, 7) is 1.66. The molecule has 2 unspecified atom stereocenters. The maximum absolute atomic E-state index is 11.7. The predicted molar refractivity (Wildman–Crippen MR) is 78.0 cm³/mol. The number of benzene rings is 1. The number of rotatable bonds is 4. The van der Waals surface area contributed by atoms with E-state index < -0.39 is 9.84 Å². The Hall–Kier alpha value is -1.07. The van der Waals surface area contributed by atoms with Crippen LogP contribution in [0.15, 0.2) is 29.2 Å². The van der Waals surface area contributed by atoms with Crippen LogP contribution in [0.5, 0.6) is 0 Å². The van der Waals surface area contributed by atoms with Crippen LogP contribution >= 0.6 is 0 Å². The van der Waals surface area contributed by atoms with E-state index >= 15 is 0 Å². The van der Waals surface area contributed by atoms with Crippen molar-refractivity contribution in [1.29, 1.82) is 0 Å². The summed E-state index contributed by atoms with van der Waals surface area (Å²) in [7, 11) is -3.11. The second-order valence-electron chi connectivity index (χ2n) is 5.13.